The summed E-state index contributed by atoms with van der Waals surface area (Å²) >= 11 is 0. The first kappa shape index (κ1) is 23.6. The van der Waals surface area contributed by atoms with E-state index in [1.54, 1.807) is 12.5 Å². The highest BCUT2D eigenvalue weighted by Gasteiger charge is 2.77. The van der Waals surface area contributed by atoms with Gasteiger partial charge in [0.1, 0.15) is 11.7 Å². The van der Waals surface area contributed by atoms with Gasteiger partial charge < -0.3 is 9.47 Å². The van der Waals surface area contributed by atoms with E-state index in [-0.39, 0.29) is 23.1 Å². The molecule has 10 atom stereocenters. The summed E-state index contributed by atoms with van der Waals surface area (Å²) in [5.41, 5.74) is 2.18. The van der Waals surface area contributed by atoms with Crippen molar-refractivity contribution in [3.05, 3.63) is 23.8 Å². The van der Waals surface area contributed by atoms with E-state index in [9.17, 15) is 4.79 Å². The first-order valence-corrected chi connectivity index (χ1v) is 13.8. The number of rotatable bonds is 5. The summed E-state index contributed by atoms with van der Waals surface area (Å²) in [5, 5.41) is 0. The molecular weight excluding hydrogens is 408 g/mol. The molecule has 33 heavy (non-hydrogen) atoms. The number of ether oxygens (including phenoxy) is 2. The lowest BCUT2D eigenvalue weighted by Crippen LogP contribution is -2.56. The number of fused-ring (bicyclic) bond motifs is 3. The van der Waals surface area contributed by atoms with Crippen molar-refractivity contribution in [1.29, 1.82) is 0 Å². The monoisotopic (exact) mass is 454 g/mol. The van der Waals surface area contributed by atoms with Gasteiger partial charge in [0, 0.05) is 12.3 Å². The van der Waals surface area contributed by atoms with Crippen molar-refractivity contribution in [3.63, 3.8) is 0 Å². The zero-order chi connectivity index (χ0) is 23.8. The summed E-state index contributed by atoms with van der Waals surface area (Å²) in [5.74, 6) is 3.81. The van der Waals surface area contributed by atoms with E-state index in [0.29, 0.717) is 41.1 Å². The minimum absolute atomic E-state index is 0.0264. The Hall–Kier alpha value is -1.09. The minimum Gasteiger partial charge on any atom is -0.463 e. The van der Waals surface area contributed by atoms with Gasteiger partial charge in [-0.3, -0.25) is 4.79 Å². The van der Waals surface area contributed by atoms with Crippen LogP contribution in [0.2, 0.25) is 0 Å². The molecule has 1 spiro atoms. The van der Waals surface area contributed by atoms with Crippen molar-refractivity contribution in [2.24, 2.45) is 46.3 Å². The van der Waals surface area contributed by atoms with E-state index in [4.69, 9.17) is 9.47 Å². The molecule has 1 heterocycles. The van der Waals surface area contributed by atoms with Crippen LogP contribution in [0.4, 0.5) is 0 Å². The van der Waals surface area contributed by atoms with E-state index in [2.05, 4.69) is 59.8 Å². The maximum Gasteiger partial charge on any atom is 0.302 e. The summed E-state index contributed by atoms with van der Waals surface area (Å²) in [7, 11) is 0. The van der Waals surface area contributed by atoms with Gasteiger partial charge in [0.25, 0.3) is 0 Å². The zero-order valence-corrected chi connectivity index (χ0v) is 22.0. The van der Waals surface area contributed by atoms with Crippen molar-refractivity contribution in [2.45, 2.75) is 111 Å². The number of carbonyl (C=O) groups is 1. The van der Waals surface area contributed by atoms with Crippen molar-refractivity contribution in [3.8, 4) is 0 Å². The molecular formula is C30H46O3. The topological polar surface area (TPSA) is 38.8 Å². The summed E-state index contributed by atoms with van der Waals surface area (Å²) in [4.78, 5) is 11.6. The Labute approximate surface area is 201 Å². The van der Waals surface area contributed by atoms with Crippen molar-refractivity contribution < 1.29 is 14.3 Å². The van der Waals surface area contributed by atoms with Gasteiger partial charge in [0.05, 0.1) is 6.10 Å². The standard InChI is InChI=1S/C30H46O3/c1-18(2)19(3)8-9-20(4)24-12-13-25-26-11-10-22-16-23(32-21(5)31)14-15-29(22,7)30(26)27(33-30)17-28(24,25)6/h8-9,11,18-20,22-25,27H,10,12-17H2,1-7H3/b9-8+/t19-,20+,22-,23-,24+,25-,27+,28+,29-,30-/m0/s1. The molecule has 4 aliphatic carbocycles. The highest BCUT2D eigenvalue weighted by molar-refractivity contribution is 5.66. The number of allylic oxidation sites excluding steroid dienone is 3. The lowest BCUT2D eigenvalue weighted by molar-refractivity contribution is -0.152. The molecule has 1 saturated heterocycles. The highest BCUT2D eigenvalue weighted by Crippen LogP contribution is 2.75. The fourth-order valence-corrected chi connectivity index (χ4v) is 8.87. The van der Waals surface area contributed by atoms with Gasteiger partial charge in [0.15, 0.2) is 0 Å². The quantitative estimate of drug-likeness (QED) is 0.252. The fourth-order valence-electron chi connectivity index (χ4n) is 8.87. The second-order valence-corrected chi connectivity index (χ2v) is 13.2. The molecule has 0 aromatic heterocycles. The minimum atomic E-state index is -0.134. The third kappa shape index (κ3) is 3.42. The average molecular weight is 455 g/mol. The molecule has 3 heteroatoms. The van der Waals surface area contributed by atoms with Crippen LogP contribution in [0.15, 0.2) is 23.8 Å². The molecule has 0 N–H and O–H groups in total. The Morgan fingerprint density at radius 3 is 2.61 bits per heavy atom. The van der Waals surface area contributed by atoms with Gasteiger partial charge in [-0.05, 0) is 91.4 Å². The van der Waals surface area contributed by atoms with Gasteiger partial charge in [-0.25, -0.2) is 0 Å². The average Bonchev–Trinajstić information content (AvgIpc) is 3.36. The van der Waals surface area contributed by atoms with Crippen LogP contribution in [-0.4, -0.2) is 23.8 Å². The van der Waals surface area contributed by atoms with Crippen molar-refractivity contribution >= 4 is 5.97 Å². The first-order valence-electron chi connectivity index (χ1n) is 13.8. The van der Waals surface area contributed by atoms with Crippen LogP contribution in [0, 0.1) is 46.3 Å². The van der Waals surface area contributed by atoms with E-state index >= 15 is 0 Å². The van der Waals surface area contributed by atoms with Gasteiger partial charge in [0.2, 0.25) is 0 Å². The molecule has 0 unspecified atom stereocenters. The molecule has 184 valence electrons. The lowest BCUT2D eigenvalue weighted by Gasteiger charge is -2.55. The Bertz CT molecular complexity index is 857. The molecule has 0 aromatic rings. The number of esters is 1. The molecule has 0 aromatic carbocycles. The van der Waals surface area contributed by atoms with E-state index in [1.807, 2.05) is 0 Å². The summed E-state index contributed by atoms with van der Waals surface area (Å²) in [6, 6.07) is 0. The van der Waals surface area contributed by atoms with Gasteiger partial charge in [-0.1, -0.05) is 59.8 Å². The van der Waals surface area contributed by atoms with Crippen LogP contribution in [0.25, 0.3) is 0 Å². The number of epoxide rings is 1. The third-order valence-electron chi connectivity index (χ3n) is 11.2. The number of hydrogen-bond acceptors (Lipinski definition) is 3. The lowest BCUT2D eigenvalue weighted by atomic mass is 9.47. The van der Waals surface area contributed by atoms with Crippen LogP contribution in [-0.2, 0) is 14.3 Å². The molecule has 0 radical (unpaired) electrons. The Morgan fingerprint density at radius 1 is 1.15 bits per heavy atom. The molecule has 4 fully saturated rings. The fraction of sp³-hybridized carbons (Fsp3) is 0.833. The second-order valence-electron chi connectivity index (χ2n) is 13.2. The Kier molecular flexibility index (Phi) is 5.71. The van der Waals surface area contributed by atoms with Crippen LogP contribution in [0.3, 0.4) is 0 Å². The summed E-state index contributed by atoms with van der Waals surface area (Å²) in [6.07, 6.45) is 16.2. The molecule has 1 aliphatic heterocycles. The van der Waals surface area contributed by atoms with Crippen molar-refractivity contribution in [1.82, 2.24) is 0 Å². The maximum absolute atomic E-state index is 11.6. The SMILES string of the molecule is CC(=O)O[C@H]1CC[C@@]2(C)[C@@H](CC=C3[C@@H]4CC[C@H]([C@H](C)/C=C/[C@H](C)C(C)C)[C@@]4(C)C[C@H]4O[C@@]342)C1. The Morgan fingerprint density at radius 2 is 1.91 bits per heavy atom. The van der Waals surface area contributed by atoms with Crippen LogP contribution in [0.1, 0.15) is 93.4 Å². The summed E-state index contributed by atoms with van der Waals surface area (Å²) in [6.45, 7) is 16.1. The highest BCUT2D eigenvalue weighted by atomic mass is 16.6. The van der Waals surface area contributed by atoms with Gasteiger partial charge >= 0.3 is 5.97 Å². The third-order valence-corrected chi connectivity index (χ3v) is 11.2. The normalized spacial score (nSPS) is 47.8. The van der Waals surface area contributed by atoms with E-state index in [0.717, 1.165) is 31.6 Å². The molecule has 5 aliphatic rings. The largest absolute Gasteiger partial charge is 0.463 e. The molecule has 3 saturated carbocycles. The van der Waals surface area contributed by atoms with Gasteiger partial charge in [-0.2, -0.15) is 0 Å². The molecule has 0 bridgehead atoms. The van der Waals surface area contributed by atoms with E-state index in [1.165, 1.54) is 19.3 Å². The second kappa shape index (κ2) is 7.97. The van der Waals surface area contributed by atoms with Gasteiger partial charge in [-0.15, -0.1) is 0 Å². The summed E-state index contributed by atoms with van der Waals surface area (Å²) < 4.78 is 12.5. The number of carbonyl (C=O) groups excluding carboxylic acids is 1. The smallest absolute Gasteiger partial charge is 0.302 e. The zero-order valence-electron chi connectivity index (χ0n) is 22.0. The maximum atomic E-state index is 11.6. The number of hydrogen-bond donors (Lipinski definition) is 0. The first-order chi connectivity index (χ1) is 15.5. The predicted octanol–water partition coefficient (Wildman–Crippen LogP) is 7.11. The predicted molar refractivity (Wildman–Crippen MR) is 133 cm³/mol. The van der Waals surface area contributed by atoms with Crippen LogP contribution in [0.5, 0.6) is 0 Å². The van der Waals surface area contributed by atoms with Crippen molar-refractivity contribution in [2.75, 3.05) is 0 Å². The molecule has 5 rings (SSSR count). The molecule has 3 nitrogen and oxygen atoms in total. The Balaban J connectivity index is 1.38. The van der Waals surface area contributed by atoms with Crippen LogP contribution < -0.4 is 0 Å². The van der Waals surface area contributed by atoms with E-state index < -0.39 is 0 Å². The van der Waals surface area contributed by atoms with Crippen LogP contribution >= 0.6 is 0 Å². The molecule has 0 amide bonds.